The molecule has 7 heteroatoms. The molecule has 0 bridgehead atoms. The second-order valence-electron chi connectivity index (χ2n) is 5.58. The zero-order valence-corrected chi connectivity index (χ0v) is 15.0. The van der Waals surface area contributed by atoms with E-state index in [2.05, 4.69) is 20.6 Å². The van der Waals surface area contributed by atoms with Crippen LogP contribution < -0.4 is 15.4 Å². The average molecular weight is 369 g/mol. The van der Waals surface area contributed by atoms with Crippen molar-refractivity contribution in [1.29, 1.82) is 0 Å². The molecule has 0 radical (unpaired) electrons. The molecular weight excluding hydrogens is 352 g/mol. The number of rotatable bonds is 5. The molecular formula is C19H17ClN4O2. The maximum atomic E-state index is 12.4. The number of aryl methyl sites for hydroxylation is 1. The molecule has 2 aromatic carbocycles. The molecule has 0 fully saturated rings. The van der Waals surface area contributed by atoms with Crippen molar-refractivity contribution in [2.24, 2.45) is 0 Å². The number of methoxy groups -OCH3 is 1. The first-order valence-electron chi connectivity index (χ1n) is 7.86. The summed E-state index contributed by atoms with van der Waals surface area (Å²) in [5, 5.41) is 6.45. The Morgan fingerprint density at radius 3 is 2.73 bits per heavy atom. The number of aromatic nitrogens is 2. The molecule has 3 aromatic rings. The Balaban J connectivity index is 1.80. The summed E-state index contributed by atoms with van der Waals surface area (Å²) >= 11 is 5.93. The van der Waals surface area contributed by atoms with Gasteiger partial charge in [0.25, 0.3) is 5.91 Å². The minimum atomic E-state index is -0.353. The van der Waals surface area contributed by atoms with Gasteiger partial charge in [-0.25, -0.2) is 9.97 Å². The fourth-order valence-electron chi connectivity index (χ4n) is 2.37. The maximum Gasteiger partial charge on any atom is 0.274 e. The van der Waals surface area contributed by atoms with Crippen molar-refractivity contribution >= 4 is 34.7 Å². The molecule has 26 heavy (non-hydrogen) atoms. The van der Waals surface area contributed by atoms with Gasteiger partial charge in [-0.3, -0.25) is 4.79 Å². The zero-order chi connectivity index (χ0) is 18.5. The quantitative estimate of drug-likeness (QED) is 0.696. The predicted octanol–water partition coefficient (Wildman–Crippen LogP) is 4.44. The van der Waals surface area contributed by atoms with E-state index in [4.69, 9.17) is 16.3 Å². The van der Waals surface area contributed by atoms with Gasteiger partial charge in [0.15, 0.2) is 0 Å². The minimum Gasteiger partial charge on any atom is -0.495 e. The van der Waals surface area contributed by atoms with Gasteiger partial charge in [0, 0.05) is 16.8 Å². The second-order valence-corrected chi connectivity index (χ2v) is 6.02. The number of hydrogen-bond acceptors (Lipinski definition) is 5. The van der Waals surface area contributed by atoms with Crippen LogP contribution in [0.1, 0.15) is 16.1 Å². The van der Waals surface area contributed by atoms with Crippen LogP contribution in [0.25, 0.3) is 0 Å². The van der Waals surface area contributed by atoms with Crippen LogP contribution in [-0.4, -0.2) is 23.0 Å². The molecule has 3 rings (SSSR count). The number of carbonyl (C=O) groups excluding carboxylic acids is 1. The van der Waals surface area contributed by atoms with Crippen molar-refractivity contribution in [3.8, 4) is 5.75 Å². The highest BCUT2D eigenvalue weighted by Gasteiger charge is 2.11. The van der Waals surface area contributed by atoms with E-state index in [1.165, 1.54) is 6.33 Å². The first-order valence-corrected chi connectivity index (χ1v) is 8.23. The lowest BCUT2D eigenvalue weighted by atomic mass is 10.2. The Morgan fingerprint density at radius 1 is 1.12 bits per heavy atom. The lowest BCUT2D eigenvalue weighted by Crippen LogP contribution is -2.14. The molecule has 0 aliphatic carbocycles. The third-order valence-electron chi connectivity index (χ3n) is 3.60. The molecule has 0 saturated heterocycles. The van der Waals surface area contributed by atoms with E-state index in [1.54, 1.807) is 37.4 Å². The summed E-state index contributed by atoms with van der Waals surface area (Å²) < 4.78 is 5.34. The monoisotopic (exact) mass is 368 g/mol. The van der Waals surface area contributed by atoms with Crippen LogP contribution in [0.4, 0.5) is 17.2 Å². The number of ether oxygens (including phenoxy) is 1. The highest BCUT2D eigenvalue weighted by Crippen LogP contribution is 2.28. The predicted molar refractivity (Wildman–Crippen MR) is 102 cm³/mol. The van der Waals surface area contributed by atoms with Crippen LogP contribution in [0.5, 0.6) is 5.75 Å². The van der Waals surface area contributed by atoms with Gasteiger partial charge in [0.05, 0.1) is 12.8 Å². The highest BCUT2D eigenvalue weighted by molar-refractivity contribution is 6.30. The molecule has 0 atom stereocenters. The molecule has 6 nitrogen and oxygen atoms in total. The van der Waals surface area contributed by atoms with Crippen LogP contribution in [0.3, 0.4) is 0 Å². The van der Waals surface area contributed by atoms with Gasteiger partial charge in [-0.2, -0.15) is 0 Å². The first-order chi connectivity index (χ1) is 12.5. The second kappa shape index (κ2) is 7.84. The summed E-state index contributed by atoms with van der Waals surface area (Å²) in [6.07, 6.45) is 1.33. The number of halogens is 1. The van der Waals surface area contributed by atoms with E-state index in [0.29, 0.717) is 22.3 Å². The van der Waals surface area contributed by atoms with Gasteiger partial charge in [0.1, 0.15) is 23.6 Å². The van der Waals surface area contributed by atoms with Crippen molar-refractivity contribution in [2.45, 2.75) is 6.92 Å². The lowest BCUT2D eigenvalue weighted by Gasteiger charge is -2.12. The highest BCUT2D eigenvalue weighted by atomic mass is 35.5. The smallest absolute Gasteiger partial charge is 0.274 e. The van der Waals surface area contributed by atoms with Crippen LogP contribution >= 0.6 is 11.6 Å². The molecule has 0 aliphatic rings. The summed E-state index contributed by atoms with van der Waals surface area (Å²) in [4.78, 5) is 20.6. The fourth-order valence-corrected chi connectivity index (χ4v) is 2.56. The molecule has 2 N–H and O–H groups in total. The fraction of sp³-hybridized carbons (Fsp3) is 0.105. The Labute approximate surface area is 156 Å². The summed E-state index contributed by atoms with van der Waals surface area (Å²) in [6, 6.07) is 14.2. The SMILES string of the molecule is COc1ccc(C)cc1Nc1cc(C(=O)Nc2cccc(Cl)c2)ncn1. The van der Waals surface area contributed by atoms with Gasteiger partial charge in [-0.1, -0.05) is 23.7 Å². The first kappa shape index (κ1) is 17.7. The van der Waals surface area contributed by atoms with Gasteiger partial charge >= 0.3 is 0 Å². The average Bonchev–Trinajstić information content (AvgIpc) is 2.62. The van der Waals surface area contributed by atoms with Crippen molar-refractivity contribution in [1.82, 2.24) is 9.97 Å². The topological polar surface area (TPSA) is 76.1 Å². The number of benzene rings is 2. The van der Waals surface area contributed by atoms with Gasteiger partial charge in [-0.05, 0) is 42.8 Å². The molecule has 0 saturated carbocycles. The minimum absolute atomic E-state index is 0.231. The Kier molecular flexibility index (Phi) is 5.34. The van der Waals surface area contributed by atoms with Crippen molar-refractivity contribution < 1.29 is 9.53 Å². The number of hydrogen-bond donors (Lipinski definition) is 2. The standard InChI is InChI=1S/C19H17ClN4O2/c1-12-6-7-17(26-2)15(8-12)24-18-10-16(21-11-22-18)19(25)23-14-5-3-4-13(20)9-14/h3-11H,1-2H3,(H,23,25)(H,21,22,24). The van der Waals surface area contributed by atoms with Crippen molar-refractivity contribution in [3.05, 3.63) is 71.1 Å². The Bertz CT molecular complexity index is 946. The van der Waals surface area contributed by atoms with Crippen LogP contribution in [0.2, 0.25) is 5.02 Å². The van der Waals surface area contributed by atoms with E-state index in [-0.39, 0.29) is 11.6 Å². The number of carbonyl (C=O) groups is 1. The normalized spacial score (nSPS) is 10.3. The number of amides is 1. The van der Waals surface area contributed by atoms with Crippen LogP contribution in [0.15, 0.2) is 54.9 Å². The maximum absolute atomic E-state index is 12.4. The number of nitrogens with one attached hydrogen (secondary N) is 2. The lowest BCUT2D eigenvalue weighted by molar-refractivity contribution is 0.102. The van der Waals surface area contributed by atoms with Crippen LogP contribution in [-0.2, 0) is 0 Å². The van der Waals surface area contributed by atoms with Gasteiger partial charge < -0.3 is 15.4 Å². The van der Waals surface area contributed by atoms with Crippen molar-refractivity contribution in [3.63, 3.8) is 0 Å². The van der Waals surface area contributed by atoms with E-state index in [1.807, 2.05) is 25.1 Å². The summed E-state index contributed by atoms with van der Waals surface area (Å²) in [6.45, 7) is 1.98. The largest absolute Gasteiger partial charge is 0.495 e. The Morgan fingerprint density at radius 2 is 1.96 bits per heavy atom. The van der Waals surface area contributed by atoms with E-state index in [0.717, 1.165) is 11.3 Å². The number of nitrogens with zero attached hydrogens (tertiary/aromatic N) is 2. The summed E-state index contributed by atoms with van der Waals surface area (Å²) in [5.74, 6) is 0.813. The summed E-state index contributed by atoms with van der Waals surface area (Å²) in [5.41, 5.74) is 2.65. The molecule has 1 heterocycles. The van der Waals surface area contributed by atoms with E-state index >= 15 is 0 Å². The number of anilines is 3. The van der Waals surface area contributed by atoms with Gasteiger partial charge in [0.2, 0.25) is 0 Å². The van der Waals surface area contributed by atoms with E-state index in [9.17, 15) is 4.79 Å². The van der Waals surface area contributed by atoms with Crippen molar-refractivity contribution in [2.75, 3.05) is 17.7 Å². The molecule has 0 aliphatic heterocycles. The Hall–Kier alpha value is -3.12. The van der Waals surface area contributed by atoms with Crippen LogP contribution in [0, 0.1) is 6.92 Å². The molecule has 132 valence electrons. The third-order valence-corrected chi connectivity index (χ3v) is 3.84. The van der Waals surface area contributed by atoms with Gasteiger partial charge in [-0.15, -0.1) is 0 Å². The third kappa shape index (κ3) is 4.29. The zero-order valence-electron chi connectivity index (χ0n) is 14.3. The molecule has 1 aromatic heterocycles. The molecule has 0 unspecified atom stereocenters. The molecule has 1 amide bonds. The summed E-state index contributed by atoms with van der Waals surface area (Å²) in [7, 11) is 1.60. The van der Waals surface area contributed by atoms with E-state index < -0.39 is 0 Å². The molecule has 0 spiro atoms.